The van der Waals surface area contributed by atoms with Gasteiger partial charge in [-0.2, -0.15) is 0 Å². The number of aromatic nitrogens is 2. The molecule has 0 spiro atoms. The monoisotopic (exact) mass is 514 g/mol. The number of nitrogens with two attached hydrogens (primary N) is 1. The Kier molecular flexibility index (Phi) is 5.81. The Bertz CT molecular complexity index is 1560. The van der Waals surface area contributed by atoms with Gasteiger partial charge in [0, 0.05) is 52.7 Å². The molecule has 7 heteroatoms. The lowest BCUT2D eigenvalue weighted by molar-refractivity contribution is 0.0952. The van der Waals surface area contributed by atoms with Crippen LogP contribution in [0.25, 0.3) is 33.1 Å². The lowest BCUT2D eigenvalue weighted by Gasteiger charge is -2.11. The zero-order valence-electron chi connectivity index (χ0n) is 18.5. The van der Waals surface area contributed by atoms with Crippen LogP contribution in [0.15, 0.2) is 77.4 Å². The van der Waals surface area contributed by atoms with Gasteiger partial charge < -0.3 is 20.7 Å². The molecule has 0 radical (unpaired) electrons. The molecule has 1 amide bonds. The predicted molar refractivity (Wildman–Crippen MR) is 139 cm³/mol. The highest BCUT2D eigenvalue weighted by atomic mass is 79.9. The Labute approximate surface area is 205 Å². The van der Waals surface area contributed by atoms with Crippen LogP contribution in [0.2, 0.25) is 0 Å². The SMILES string of the molecule is Cn1cc(-c2cc(C(=O)NCc3cccc(CN)c3)c3cc(O)ccc3n2)c2cc(Br)ccc21. The predicted octanol–water partition coefficient (Wildman–Crippen LogP) is 5.25. The molecule has 2 heterocycles. The van der Waals surface area contributed by atoms with Gasteiger partial charge >= 0.3 is 0 Å². The molecule has 0 unspecified atom stereocenters. The average Bonchev–Trinajstić information content (AvgIpc) is 3.17. The maximum absolute atomic E-state index is 13.3. The normalized spacial score (nSPS) is 11.3. The zero-order chi connectivity index (χ0) is 23.8. The molecular weight excluding hydrogens is 492 g/mol. The summed E-state index contributed by atoms with van der Waals surface area (Å²) in [4.78, 5) is 18.2. The number of carbonyl (C=O) groups is 1. The van der Waals surface area contributed by atoms with Gasteiger partial charge in [-0.1, -0.05) is 40.2 Å². The number of hydrogen-bond acceptors (Lipinski definition) is 4. The summed E-state index contributed by atoms with van der Waals surface area (Å²) in [5.74, 6) is -0.153. The summed E-state index contributed by atoms with van der Waals surface area (Å²) in [7, 11) is 1.99. The summed E-state index contributed by atoms with van der Waals surface area (Å²) < 4.78 is 3.01. The van der Waals surface area contributed by atoms with E-state index in [0.717, 1.165) is 32.1 Å². The highest BCUT2D eigenvalue weighted by Crippen LogP contribution is 2.34. The molecule has 0 fully saturated rings. The van der Waals surface area contributed by atoms with Crippen molar-refractivity contribution in [3.8, 4) is 17.0 Å². The molecule has 0 aliphatic heterocycles. The van der Waals surface area contributed by atoms with Crippen molar-refractivity contribution >= 4 is 43.6 Å². The van der Waals surface area contributed by atoms with Gasteiger partial charge in [0.2, 0.25) is 0 Å². The number of amides is 1. The molecular formula is C27H23BrN4O2. The highest BCUT2D eigenvalue weighted by molar-refractivity contribution is 9.10. The Balaban J connectivity index is 1.59. The van der Waals surface area contributed by atoms with Crippen LogP contribution in [0, 0.1) is 0 Å². The smallest absolute Gasteiger partial charge is 0.252 e. The first-order chi connectivity index (χ1) is 16.4. The van der Waals surface area contributed by atoms with E-state index in [1.165, 1.54) is 0 Å². The van der Waals surface area contributed by atoms with Crippen molar-refractivity contribution in [2.45, 2.75) is 13.1 Å². The number of nitrogens with zero attached hydrogens (tertiary/aromatic N) is 2. The molecule has 3 aromatic carbocycles. The van der Waals surface area contributed by atoms with Gasteiger partial charge in [-0.05, 0) is 53.6 Å². The number of hydrogen-bond donors (Lipinski definition) is 3. The molecule has 0 saturated carbocycles. The van der Waals surface area contributed by atoms with Crippen LogP contribution in [0.3, 0.4) is 0 Å². The molecule has 34 heavy (non-hydrogen) atoms. The standard InChI is InChI=1S/C27H23BrN4O2/c1-32-15-23(21-10-18(28)5-8-26(21)32)25-12-22(20-11-19(33)6-7-24(20)31-25)27(34)30-14-17-4-2-3-16(9-17)13-29/h2-12,15,33H,13-14,29H2,1H3,(H,30,34). The molecule has 4 N–H and O–H groups in total. The number of benzene rings is 3. The van der Waals surface area contributed by atoms with Crippen LogP contribution in [0.5, 0.6) is 5.75 Å². The Morgan fingerprint density at radius 1 is 1.06 bits per heavy atom. The lowest BCUT2D eigenvalue weighted by atomic mass is 10.0. The maximum Gasteiger partial charge on any atom is 0.252 e. The summed E-state index contributed by atoms with van der Waals surface area (Å²) in [6, 6.07) is 20.6. The summed E-state index contributed by atoms with van der Waals surface area (Å²) in [5.41, 5.74) is 11.5. The minimum absolute atomic E-state index is 0.0841. The molecule has 0 bridgehead atoms. The first-order valence-electron chi connectivity index (χ1n) is 10.9. The van der Waals surface area contributed by atoms with E-state index < -0.39 is 0 Å². The third-order valence-corrected chi connectivity index (χ3v) is 6.44. The summed E-state index contributed by atoms with van der Waals surface area (Å²) in [6.45, 7) is 0.812. The topological polar surface area (TPSA) is 93.2 Å². The van der Waals surface area contributed by atoms with E-state index in [2.05, 4.69) is 27.3 Å². The number of fused-ring (bicyclic) bond motifs is 2. The van der Waals surface area contributed by atoms with E-state index in [9.17, 15) is 9.90 Å². The maximum atomic E-state index is 13.3. The van der Waals surface area contributed by atoms with E-state index in [0.29, 0.717) is 35.2 Å². The average molecular weight is 515 g/mol. The van der Waals surface area contributed by atoms with E-state index in [-0.39, 0.29) is 11.7 Å². The minimum atomic E-state index is -0.237. The van der Waals surface area contributed by atoms with Gasteiger partial charge in [0.05, 0.1) is 16.8 Å². The van der Waals surface area contributed by atoms with Crippen LogP contribution < -0.4 is 11.1 Å². The first kappa shape index (κ1) is 22.1. The van der Waals surface area contributed by atoms with Crippen molar-refractivity contribution in [2.75, 3.05) is 0 Å². The third kappa shape index (κ3) is 4.16. The minimum Gasteiger partial charge on any atom is -0.508 e. The lowest BCUT2D eigenvalue weighted by Crippen LogP contribution is -2.23. The Morgan fingerprint density at radius 2 is 1.88 bits per heavy atom. The van der Waals surface area contributed by atoms with Gasteiger partial charge in [-0.25, -0.2) is 4.98 Å². The van der Waals surface area contributed by atoms with Crippen molar-refractivity contribution in [2.24, 2.45) is 12.8 Å². The molecule has 5 aromatic rings. The molecule has 170 valence electrons. The van der Waals surface area contributed by atoms with E-state index in [1.807, 2.05) is 54.2 Å². The van der Waals surface area contributed by atoms with Gasteiger partial charge in [-0.15, -0.1) is 0 Å². The number of phenolic OH excluding ortho intramolecular Hbond substituents is 1. The number of pyridine rings is 1. The number of rotatable bonds is 5. The summed E-state index contributed by atoms with van der Waals surface area (Å²) in [6.07, 6.45) is 2.02. The molecule has 5 rings (SSSR count). The van der Waals surface area contributed by atoms with Crippen molar-refractivity contribution in [3.05, 3.63) is 94.1 Å². The zero-order valence-corrected chi connectivity index (χ0v) is 20.1. The van der Waals surface area contributed by atoms with Crippen LogP contribution in [-0.2, 0) is 20.1 Å². The first-order valence-corrected chi connectivity index (χ1v) is 11.7. The number of carbonyl (C=O) groups excluding carboxylic acids is 1. The molecule has 0 atom stereocenters. The van der Waals surface area contributed by atoms with Crippen molar-refractivity contribution < 1.29 is 9.90 Å². The summed E-state index contributed by atoms with van der Waals surface area (Å²) >= 11 is 3.56. The second kappa shape index (κ2) is 8.93. The van der Waals surface area contributed by atoms with Gasteiger partial charge in [0.25, 0.3) is 5.91 Å². The number of nitrogens with one attached hydrogen (secondary N) is 1. The molecule has 0 aliphatic carbocycles. The molecule has 0 aliphatic rings. The number of aromatic hydroxyl groups is 1. The van der Waals surface area contributed by atoms with Crippen LogP contribution in [0.1, 0.15) is 21.5 Å². The quantitative estimate of drug-likeness (QED) is 0.298. The molecule has 6 nitrogen and oxygen atoms in total. The van der Waals surface area contributed by atoms with Crippen LogP contribution in [-0.4, -0.2) is 20.6 Å². The van der Waals surface area contributed by atoms with E-state index in [1.54, 1.807) is 24.3 Å². The van der Waals surface area contributed by atoms with E-state index >= 15 is 0 Å². The highest BCUT2D eigenvalue weighted by Gasteiger charge is 2.17. The molecule has 0 saturated heterocycles. The van der Waals surface area contributed by atoms with Crippen LogP contribution >= 0.6 is 15.9 Å². The fourth-order valence-electron chi connectivity index (χ4n) is 4.25. The Morgan fingerprint density at radius 3 is 2.71 bits per heavy atom. The number of aryl methyl sites for hydroxylation is 1. The van der Waals surface area contributed by atoms with E-state index in [4.69, 9.17) is 10.7 Å². The van der Waals surface area contributed by atoms with Crippen LogP contribution in [0.4, 0.5) is 0 Å². The second-order valence-corrected chi connectivity index (χ2v) is 9.19. The van der Waals surface area contributed by atoms with Crippen molar-refractivity contribution in [3.63, 3.8) is 0 Å². The fourth-order valence-corrected chi connectivity index (χ4v) is 4.61. The van der Waals surface area contributed by atoms with Crippen molar-refractivity contribution in [1.29, 1.82) is 0 Å². The fraction of sp³-hybridized carbons (Fsp3) is 0.111. The third-order valence-electron chi connectivity index (χ3n) is 5.94. The van der Waals surface area contributed by atoms with Gasteiger partial charge in [-0.3, -0.25) is 4.79 Å². The number of phenols is 1. The largest absolute Gasteiger partial charge is 0.508 e. The second-order valence-electron chi connectivity index (χ2n) is 8.28. The Hall–Kier alpha value is -3.68. The van der Waals surface area contributed by atoms with Crippen molar-refractivity contribution in [1.82, 2.24) is 14.9 Å². The summed E-state index contributed by atoms with van der Waals surface area (Å²) in [5, 5.41) is 14.7. The van der Waals surface area contributed by atoms with Gasteiger partial charge in [0.15, 0.2) is 0 Å². The number of halogens is 1. The van der Waals surface area contributed by atoms with Gasteiger partial charge in [0.1, 0.15) is 5.75 Å². The molecule has 2 aromatic heterocycles.